The van der Waals surface area contributed by atoms with Gasteiger partial charge in [-0.1, -0.05) is 25.1 Å². The minimum Gasteiger partial charge on any atom is -0.319 e. The van der Waals surface area contributed by atoms with Crippen molar-refractivity contribution in [2.45, 2.75) is 25.8 Å². The smallest absolute Gasteiger partial charge is 0.267 e. The molecule has 1 aliphatic heterocycles. The zero-order valence-electron chi connectivity index (χ0n) is 16.9. The van der Waals surface area contributed by atoms with Crippen LogP contribution in [0.3, 0.4) is 0 Å². The third-order valence-corrected chi connectivity index (χ3v) is 5.63. The van der Waals surface area contributed by atoms with Crippen molar-refractivity contribution in [3.63, 3.8) is 0 Å². The van der Waals surface area contributed by atoms with Crippen LogP contribution in [0.4, 0.5) is 4.39 Å². The van der Waals surface area contributed by atoms with E-state index in [9.17, 15) is 9.18 Å². The summed E-state index contributed by atoms with van der Waals surface area (Å²) < 4.78 is 16.3. The molecular weight excluding hydrogens is 383 g/mol. The second kappa shape index (κ2) is 8.77. The van der Waals surface area contributed by atoms with E-state index in [0.717, 1.165) is 60.5 Å². The Morgan fingerprint density at radius 3 is 3.00 bits per heavy atom. The molecule has 2 heterocycles. The third kappa shape index (κ3) is 4.13. The zero-order chi connectivity index (χ0) is 21.1. The number of imidazole rings is 1. The van der Waals surface area contributed by atoms with Crippen LogP contribution < -0.4 is 5.48 Å². The van der Waals surface area contributed by atoms with Gasteiger partial charge in [0.15, 0.2) is 0 Å². The van der Waals surface area contributed by atoms with Crippen LogP contribution in [0.25, 0.3) is 28.5 Å². The lowest BCUT2D eigenvalue weighted by atomic mass is 10.0. The van der Waals surface area contributed by atoms with Gasteiger partial charge in [-0.15, -0.1) is 0 Å². The van der Waals surface area contributed by atoms with Crippen LogP contribution in [-0.4, -0.2) is 45.2 Å². The van der Waals surface area contributed by atoms with Gasteiger partial charge < -0.3 is 9.47 Å². The number of amides is 1. The number of nitrogens with one attached hydrogen (secondary N) is 1. The minimum atomic E-state index is -0.593. The maximum absolute atomic E-state index is 14.1. The largest absolute Gasteiger partial charge is 0.319 e. The van der Waals surface area contributed by atoms with Crippen LogP contribution in [0.5, 0.6) is 0 Å². The fraction of sp³-hybridized carbons (Fsp3) is 0.304. The van der Waals surface area contributed by atoms with Crippen molar-refractivity contribution in [3.8, 4) is 11.4 Å². The summed E-state index contributed by atoms with van der Waals surface area (Å²) >= 11 is 0. The summed E-state index contributed by atoms with van der Waals surface area (Å²) in [5.74, 6) is -0.0737. The normalized spacial score (nSPS) is 17.6. The van der Waals surface area contributed by atoms with Gasteiger partial charge >= 0.3 is 0 Å². The van der Waals surface area contributed by atoms with Gasteiger partial charge in [0.2, 0.25) is 0 Å². The molecule has 0 bridgehead atoms. The maximum Gasteiger partial charge on any atom is 0.267 e. The number of carbonyl (C=O) groups excluding carboxylic acids is 1. The summed E-state index contributed by atoms with van der Waals surface area (Å²) in [5, 5.41) is 8.67. The highest BCUT2D eigenvalue weighted by Gasteiger charge is 2.25. The van der Waals surface area contributed by atoms with E-state index in [4.69, 9.17) is 10.2 Å². The van der Waals surface area contributed by atoms with Crippen molar-refractivity contribution in [2.24, 2.45) is 0 Å². The predicted octanol–water partition coefficient (Wildman–Crippen LogP) is 4.02. The Morgan fingerprint density at radius 1 is 1.33 bits per heavy atom. The highest BCUT2D eigenvalue weighted by molar-refractivity contribution is 5.91. The third-order valence-electron chi connectivity index (χ3n) is 5.63. The Hall–Kier alpha value is -3.03. The second-order valence-corrected chi connectivity index (χ2v) is 7.56. The van der Waals surface area contributed by atoms with E-state index < -0.39 is 5.91 Å². The number of hydroxylamine groups is 1. The molecule has 0 unspecified atom stereocenters. The Balaban J connectivity index is 1.81. The van der Waals surface area contributed by atoms with Gasteiger partial charge in [0.25, 0.3) is 5.91 Å². The Kier molecular flexibility index (Phi) is 5.92. The van der Waals surface area contributed by atoms with Crippen molar-refractivity contribution in [1.82, 2.24) is 19.9 Å². The summed E-state index contributed by atoms with van der Waals surface area (Å²) in [6.07, 6.45) is 4.99. The summed E-state index contributed by atoms with van der Waals surface area (Å²) in [4.78, 5) is 18.6. The maximum atomic E-state index is 14.1. The molecule has 1 amide bonds. The lowest BCUT2D eigenvalue weighted by Gasteiger charge is -2.33. The van der Waals surface area contributed by atoms with Crippen LogP contribution in [0.1, 0.15) is 31.4 Å². The number of piperidine rings is 1. The summed E-state index contributed by atoms with van der Waals surface area (Å²) in [6, 6.07) is 12.6. The van der Waals surface area contributed by atoms with Crippen LogP contribution in [0, 0.1) is 5.82 Å². The lowest BCUT2D eigenvalue weighted by Crippen LogP contribution is -2.36. The molecule has 0 saturated carbocycles. The molecule has 0 aliphatic carbocycles. The Morgan fingerprint density at radius 2 is 2.20 bits per heavy atom. The Labute approximate surface area is 174 Å². The van der Waals surface area contributed by atoms with Crippen molar-refractivity contribution >= 4 is 23.0 Å². The predicted molar refractivity (Wildman–Crippen MR) is 114 cm³/mol. The number of nitrogens with zero attached hydrogens (tertiary/aromatic N) is 3. The summed E-state index contributed by atoms with van der Waals surface area (Å²) in [7, 11) is 0. The van der Waals surface area contributed by atoms with E-state index in [1.807, 2.05) is 24.3 Å². The van der Waals surface area contributed by atoms with Gasteiger partial charge in [-0.3, -0.25) is 10.0 Å². The molecule has 0 radical (unpaired) electrons. The van der Waals surface area contributed by atoms with Crippen molar-refractivity contribution < 1.29 is 14.4 Å². The molecule has 6 nitrogen and oxygen atoms in total. The molecule has 2 N–H and O–H groups in total. The van der Waals surface area contributed by atoms with E-state index in [1.54, 1.807) is 23.7 Å². The zero-order valence-corrected chi connectivity index (χ0v) is 16.9. The van der Waals surface area contributed by atoms with E-state index in [1.165, 1.54) is 12.1 Å². The molecule has 30 heavy (non-hydrogen) atoms. The highest BCUT2D eigenvalue weighted by Crippen LogP contribution is 2.33. The number of rotatable bonds is 5. The Bertz CT molecular complexity index is 1090. The van der Waals surface area contributed by atoms with Gasteiger partial charge in [0.05, 0.1) is 11.0 Å². The van der Waals surface area contributed by atoms with E-state index >= 15 is 0 Å². The summed E-state index contributed by atoms with van der Waals surface area (Å²) in [5.41, 5.74) is 4.85. The first kappa shape index (κ1) is 20.3. The van der Waals surface area contributed by atoms with Gasteiger partial charge in [0, 0.05) is 24.2 Å². The molecule has 1 aromatic heterocycles. The fourth-order valence-electron chi connectivity index (χ4n) is 4.16. The number of fused-ring (bicyclic) bond motifs is 1. The molecule has 4 rings (SSSR count). The highest BCUT2D eigenvalue weighted by atomic mass is 19.1. The number of aromatic nitrogens is 2. The fourth-order valence-corrected chi connectivity index (χ4v) is 4.16. The van der Waals surface area contributed by atoms with Crippen LogP contribution in [0.15, 0.2) is 48.5 Å². The first-order valence-electron chi connectivity index (χ1n) is 10.2. The molecule has 7 heteroatoms. The molecule has 2 aromatic carbocycles. The SMILES string of the molecule is CCN1CCC[C@@H](n2c(-c3cccc(C=CC(=O)NO)c3)nc3ccc(F)cc32)C1. The summed E-state index contributed by atoms with van der Waals surface area (Å²) in [6.45, 7) is 5.13. The average Bonchev–Trinajstić information content (AvgIpc) is 3.16. The number of hydrogen-bond acceptors (Lipinski definition) is 4. The molecule has 1 atom stereocenters. The van der Waals surface area contributed by atoms with Crippen LogP contribution >= 0.6 is 0 Å². The molecule has 0 spiro atoms. The van der Waals surface area contributed by atoms with Crippen molar-refractivity contribution in [2.75, 3.05) is 19.6 Å². The number of likely N-dealkylation sites (N-methyl/N-ethyl adjacent to an activating group) is 1. The second-order valence-electron chi connectivity index (χ2n) is 7.56. The van der Waals surface area contributed by atoms with Crippen LogP contribution in [0.2, 0.25) is 0 Å². The van der Waals surface area contributed by atoms with Gasteiger partial charge in [-0.2, -0.15) is 0 Å². The monoisotopic (exact) mass is 408 g/mol. The van der Waals surface area contributed by atoms with Crippen molar-refractivity contribution in [3.05, 3.63) is 59.9 Å². The number of carbonyl (C=O) groups is 1. The van der Waals surface area contributed by atoms with Crippen molar-refractivity contribution in [1.29, 1.82) is 0 Å². The number of hydrogen-bond donors (Lipinski definition) is 2. The molecule has 156 valence electrons. The average molecular weight is 408 g/mol. The van der Waals surface area contributed by atoms with Gasteiger partial charge in [-0.25, -0.2) is 14.9 Å². The topological polar surface area (TPSA) is 70.4 Å². The van der Waals surface area contributed by atoms with E-state index in [0.29, 0.717) is 0 Å². The standard InChI is InChI=1S/C23H25FN4O2/c1-2-27-12-4-7-19(15-27)28-21-14-18(24)9-10-20(21)25-23(28)17-6-3-5-16(13-17)8-11-22(29)26-30/h3,5-6,8-11,13-14,19,30H,2,4,7,12,15H2,1H3,(H,26,29)/t19-/m1/s1. The van der Waals surface area contributed by atoms with Gasteiger partial charge in [-0.05, 0) is 61.8 Å². The van der Waals surface area contributed by atoms with E-state index in [2.05, 4.69) is 16.4 Å². The van der Waals surface area contributed by atoms with Crippen LogP contribution in [-0.2, 0) is 4.79 Å². The first-order chi connectivity index (χ1) is 14.6. The molecule has 3 aromatic rings. The number of benzene rings is 2. The number of likely N-dealkylation sites (tertiary alicyclic amines) is 1. The van der Waals surface area contributed by atoms with E-state index in [-0.39, 0.29) is 11.9 Å². The lowest BCUT2D eigenvalue weighted by molar-refractivity contribution is -0.124. The molecule has 1 saturated heterocycles. The first-order valence-corrected chi connectivity index (χ1v) is 10.2. The quantitative estimate of drug-likeness (QED) is 0.380. The molecule has 1 fully saturated rings. The minimum absolute atomic E-state index is 0.208. The number of halogens is 1. The molecule has 1 aliphatic rings. The van der Waals surface area contributed by atoms with Gasteiger partial charge in [0.1, 0.15) is 11.6 Å². The molecular formula is C23H25FN4O2.